The lowest BCUT2D eigenvalue weighted by Gasteiger charge is -2.24. The summed E-state index contributed by atoms with van der Waals surface area (Å²) >= 11 is 6.24. The molecule has 172 valence electrons. The van der Waals surface area contributed by atoms with Crippen LogP contribution in [0.4, 0.5) is 17.6 Å². The van der Waals surface area contributed by atoms with Crippen LogP contribution in [0.15, 0.2) is 43.0 Å². The van der Waals surface area contributed by atoms with Crippen molar-refractivity contribution in [1.82, 2.24) is 19.9 Å². The van der Waals surface area contributed by atoms with Gasteiger partial charge >= 0.3 is 0 Å². The van der Waals surface area contributed by atoms with Gasteiger partial charge in [0.2, 0.25) is 5.95 Å². The smallest absolute Gasteiger partial charge is 0.262 e. The highest BCUT2D eigenvalue weighted by Gasteiger charge is 2.27. The second kappa shape index (κ2) is 10.4. The van der Waals surface area contributed by atoms with Gasteiger partial charge in [-0.25, -0.2) is 15.0 Å². The Morgan fingerprint density at radius 3 is 2.94 bits per heavy atom. The maximum atomic E-state index is 13.0. The summed E-state index contributed by atoms with van der Waals surface area (Å²) in [6, 6.07) is 7.00. The normalized spacial score (nSPS) is 15.4. The lowest BCUT2D eigenvalue weighted by atomic mass is 10.2. The number of ether oxygens (including phenoxy) is 1. The molecule has 1 aliphatic heterocycles. The third-order valence-corrected chi connectivity index (χ3v) is 5.66. The van der Waals surface area contributed by atoms with Crippen LogP contribution < -0.4 is 20.3 Å². The number of aliphatic hydroxyl groups is 1. The van der Waals surface area contributed by atoms with E-state index in [4.69, 9.17) is 16.3 Å². The summed E-state index contributed by atoms with van der Waals surface area (Å²) in [5.74, 6) is 1.36. The quantitative estimate of drug-likeness (QED) is 0.456. The first-order chi connectivity index (χ1) is 16.1. The predicted octanol–water partition coefficient (Wildman–Crippen LogP) is 2.75. The summed E-state index contributed by atoms with van der Waals surface area (Å²) in [6.07, 6.45) is 6.18. The fourth-order valence-corrected chi connectivity index (χ4v) is 3.93. The Morgan fingerprint density at radius 2 is 2.21 bits per heavy atom. The van der Waals surface area contributed by atoms with Crippen LogP contribution in [-0.2, 0) is 6.54 Å². The van der Waals surface area contributed by atoms with E-state index >= 15 is 0 Å². The summed E-state index contributed by atoms with van der Waals surface area (Å²) in [4.78, 5) is 31.8. The SMILES string of the molecule is COc1ccc(CNc2nc(N3CCC[C@H]3CO)ncc2C(=O)Nc2ccncn2)cc1Cl. The zero-order valence-electron chi connectivity index (χ0n) is 18.0. The van der Waals surface area contributed by atoms with Crippen molar-refractivity contribution in [2.75, 3.05) is 35.8 Å². The average Bonchev–Trinajstić information content (AvgIpc) is 3.32. The van der Waals surface area contributed by atoms with Gasteiger partial charge in [0.1, 0.15) is 29.3 Å². The number of hydrogen-bond donors (Lipinski definition) is 3. The van der Waals surface area contributed by atoms with Crippen molar-refractivity contribution < 1.29 is 14.6 Å². The molecule has 2 aromatic heterocycles. The lowest BCUT2D eigenvalue weighted by molar-refractivity contribution is 0.102. The fraction of sp³-hybridized carbons (Fsp3) is 0.318. The standard InChI is InChI=1S/C22H24ClN7O3/c1-33-18-5-4-14(9-17(18)23)10-25-20-16(21(32)28-19-6-7-24-13-27-19)11-26-22(29-20)30-8-2-3-15(30)12-31/h4-7,9,11,13,15,31H,2-3,8,10,12H2,1H3,(H,25,26,29)(H,24,27,28,32)/t15-/m0/s1. The molecule has 33 heavy (non-hydrogen) atoms. The number of carbonyl (C=O) groups is 1. The van der Waals surface area contributed by atoms with E-state index in [2.05, 4.69) is 30.6 Å². The Bertz CT molecular complexity index is 1120. The number of rotatable bonds is 8. The summed E-state index contributed by atoms with van der Waals surface area (Å²) in [6.45, 7) is 1.13. The van der Waals surface area contributed by atoms with Crippen molar-refractivity contribution in [1.29, 1.82) is 0 Å². The van der Waals surface area contributed by atoms with E-state index in [9.17, 15) is 9.90 Å². The van der Waals surface area contributed by atoms with Crippen molar-refractivity contribution in [2.24, 2.45) is 0 Å². The van der Waals surface area contributed by atoms with E-state index in [1.54, 1.807) is 25.3 Å². The molecule has 1 saturated heterocycles. The molecule has 3 heterocycles. The molecule has 0 aliphatic carbocycles. The summed E-state index contributed by atoms with van der Waals surface area (Å²) in [5, 5.41) is 16.1. The number of aliphatic hydroxyl groups excluding tert-OH is 1. The Morgan fingerprint density at radius 1 is 1.33 bits per heavy atom. The second-order valence-corrected chi connectivity index (χ2v) is 7.88. The van der Waals surface area contributed by atoms with Gasteiger partial charge in [-0.15, -0.1) is 0 Å². The van der Waals surface area contributed by atoms with Gasteiger partial charge in [-0.05, 0) is 36.6 Å². The number of halogens is 1. The minimum Gasteiger partial charge on any atom is -0.495 e. The third-order valence-electron chi connectivity index (χ3n) is 5.37. The van der Waals surface area contributed by atoms with E-state index in [0.29, 0.717) is 34.9 Å². The van der Waals surface area contributed by atoms with Gasteiger partial charge in [-0.1, -0.05) is 17.7 Å². The number of anilines is 3. The molecule has 1 amide bonds. The first kappa shape index (κ1) is 22.7. The fourth-order valence-electron chi connectivity index (χ4n) is 3.65. The summed E-state index contributed by atoms with van der Waals surface area (Å²) in [5.41, 5.74) is 1.15. The zero-order chi connectivity index (χ0) is 23.2. The van der Waals surface area contributed by atoms with Crippen LogP contribution in [-0.4, -0.2) is 57.3 Å². The molecule has 1 fully saturated rings. The first-order valence-electron chi connectivity index (χ1n) is 10.5. The maximum Gasteiger partial charge on any atom is 0.262 e. The number of benzene rings is 1. The van der Waals surface area contributed by atoms with Gasteiger partial charge in [0, 0.05) is 25.5 Å². The highest BCUT2D eigenvalue weighted by molar-refractivity contribution is 6.32. The number of methoxy groups -OCH3 is 1. The van der Waals surface area contributed by atoms with Crippen LogP contribution >= 0.6 is 11.6 Å². The van der Waals surface area contributed by atoms with Crippen LogP contribution in [0.1, 0.15) is 28.8 Å². The molecule has 3 N–H and O–H groups in total. The Kier molecular flexibility index (Phi) is 7.16. The Labute approximate surface area is 196 Å². The monoisotopic (exact) mass is 469 g/mol. The van der Waals surface area contributed by atoms with Gasteiger partial charge in [-0.2, -0.15) is 4.98 Å². The van der Waals surface area contributed by atoms with E-state index in [1.807, 2.05) is 11.0 Å². The predicted molar refractivity (Wildman–Crippen MR) is 125 cm³/mol. The van der Waals surface area contributed by atoms with Crippen LogP contribution in [0.5, 0.6) is 5.75 Å². The van der Waals surface area contributed by atoms with Crippen LogP contribution in [0.2, 0.25) is 5.02 Å². The molecule has 0 bridgehead atoms. The number of hydrogen-bond acceptors (Lipinski definition) is 9. The highest BCUT2D eigenvalue weighted by atomic mass is 35.5. The largest absolute Gasteiger partial charge is 0.495 e. The summed E-state index contributed by atoms with van der Waals surface area (Å²) < 4.78 is 5.20. The van der Waals surface area contributed by atoms with Crippen molar-refractivity contribution in [3.8, 4) is 5.75 Å². The molecular formula is C22H24ClN7O3. The van der Waals surface area contributed by atoms with Gasteiger partial charge in [0.15, 0.2) is 0 Å². The molecule has 4 rings (SSSR count). The number of carbonyl (C=O) groups excluding carboxylic acids is 1. The number of aromatic nitrogens is 4. The van der Waals surface area contributed by atoms with Crippen molar-refractivity contribution in [3.05, 3.63) is 59.1 Å². The third kappa shape index (κ3) is 5.29. The lowest BCUT2D eigenvalue weighted by Crippen LogP contribution is -2.33. The molecule has 1 atom stereocenters. The van der Waals surface area contributed by atoms with E-state index in [-0.39, 0.29) is 18.2 Å². The molecule has 0 unspecified atom stereocenters. The Balaban J connectivity index is 1.61. The number of nitrogens with zero attached hydrogens (tertiary/aromatic N) is 5. The molecule has 0 spiro atoms. The van der Waals surface area contributed by atoms with Crippen LogP contribution in [0.3, 0.4) is 0 Å². The van der Waals surface area contributed by atoms with Gasteiger partial charge < -0.3 is 25.4 Å². The van der Waals surface area contributed by atoms with Crippen molar-refractivity contribution in [3.63, 3.8) is 0 Å². The van der Waals surface area contributed by atoms with Gasteiger partial charge in [-0.3, -0.25) is 4.79 Å². The highest BCUT2D eigenvalue weighted by Crippen LogP contribution is 2.27. The molecule has 11 heteroatoms. The molecule has 10 nitrogen and oxygen atoms in total. The maximum absolute atomic E-state index is 13.0. The second-order valence-electron chi connectivity index (χ2n) is 7.48. The average molecular weight is 470 g/mol. The van der Waals surface area contributed by atoms with E-state index in [0.717, 1.165) is 24.9 Å². The summed E-state index contributed by atoms with van der Waals surface area (Å²) in [7, 11) is 1.56. The van der Waals surface area contributed by atoms with Crippen molar-refractivity contribution >= 4 is 35.1 Å². The molecule has 0 saturated carbocycles. The number of amides is 1. The Hall–Kier alpha value is -3.50. The topological polar surface area (TPSA) is 125 Å². The van der Waals surface area contributed by atoms with Crippen LogP contribution in [0, 0.1) is 0 Å². The minimum atomic E-state index is -0.407. The van der Waals surface area contributed by atoms with Crippen LogP contribution in [0.25, 0.3) is 0 Å². The molecule has 1 aliphatic rings. The first-order valence-corrected chi connectivity index (χ1v) is 10.8. The molecule has 0 radical (unpaired) electrons. The number of nitrogens with one attached hydrogen (secondary N) is 2. The molecular weight excluding hydrogens is 446 g/mol. The zero-order valence-corrected chi connectivity index (χ0v) is 18.8. The van der Waals surface area contributed by atoms with Crippen molar-refractivity contribution in [2.45, 2.75) is 25.4 Å². The van der Waals surface area contributed by atoms with E-state index in [1.165, 1.54) is 18.7 Å². The van der Waals surface area contributed by atoms with Gasteiger partial charge in [0.05, 0.1) is 24.8 Å². The van der Waals surface area contributed by atoms with Gasteiger partial charge in [0.25, 0.3) is 5.91 Å². The molecule has 1 aromatic carbocycles. The molecule has 3 aromatic rings. The minimum absolute atomic E-state index is 0.0203. The van der Waals surface area contributed by atoms with E-state index < -0.39 is 5.91 Å².